The van der Waals surface area contributed by atoms with Crippen LogP contribution in [0.3, 0.4) is 0 Å². The lowest BCUT2D eigenvalue weighted by Gasteiger charge is -2.14. The maximum atomic E-state index is 12.7. The Morgan fingerprint density at radius 1 is 1.38 bits per heavy atom. The van der Waals surface area contributed by atoms with Crippen LogP contribution in [-0.4, -0.2) is 31.3 Å². The zero-order valence-corrected chi connectivity index (χ0v) is 9.04. The molecule has 1 rings (SSSR count). The smallest absolute Gasteiger partial charge is 0.282 e. The van der Waals surface area contributed by atoms with Crippen LogP contribution in [0.1, 0.15) is 5.56 Å². The van der Waals surface area contributed by atoms with Gasteiger partial charge in [-0.25, -0.2) is 8.78 Å². The summed E-state index contributed by atoms with van der Waals surface area (Å²) in [4.78, 5) is 0. The summed E-state index contributed by atoms with van der Waals surface area (Å²) in [5.74, 6) is -2.43. The summed E-state index contributed by atoms with van der Waals surface area (Å²) in [5, 5.41) is 11.0. The minimum atomic E-state index is -3.08. The number of benzene rings is 1. The predicted molar refractivity (Wildman–Crippen MR) is 56.7 cm³/mol. The lowest BCUT2D eigenvalue weighted by molar-refractivity contribution is -0.0477. The number of alkyl halides is 2. The Hall–Kier alpha value is -1.20. The molecule has 0 saturated carbocycles. The second-order valence-corrected chi connectivity index (χ2v) is 3.43. The van der Waals surface area contributed by atoms with Crippen molar-refractivity contribution >= 4 is 0 Å². The molecule has 0 amide bonds. The first-order valence-corrected chi connectivity index (χ1v) is 4.90. The fourth-order valence-electron chi connectivity index (χ4n) is 1.28. The van der Waals surface area contributed by atoms with Gasteiger partial charge in [-0.1, -0.05) is 18.2 Å². The molecule has 1 aromatic rings. The zero-order valence-electron chi connectivity index (χ0n) is 9.04. The molecule has 0 aromatic heterocycles. The molecular weight excluding hydrogens is 216 g/mol. The normalized spacial score (nSPS) is 11.5. The summed E-state index contributed by atoms with van der Waals surface area (Å²) in [5.41, 5.74) is 0.804. The van der Waals surface area contributed by atoms with E-state index in [1.54, 1.807) is 12.1 Å². The Morgan fingerprint density at radius 3 is 2.69 bits per heavy atom. The van der Waals surface area contributed by atoms with Crippen LogP contribution >= 0.6 is 0 Å². The largest absolute Gasteiger partial charge is 0.496 e. The molecule has 90 valence electrons. The Morgan fingerprint density at radius 2 is 2.06 bits per heavy atom. The molecule has 0 bridgehead atoms. The number of para-hydroxylation sites is 1. The summed E-state index contributed by atoms with van der Waals surface area (Å²) in [7, 11) is 1.53. The standard InChI is InChI=1S/C11H15F2NO2/c1-16-10-5-3-2-4-9(10)6-14-7-11(12,13)8-15/h2-5,14-15H,6-8H2,1H3. The van der Waals surface area contributed by atoms with Gasteiger partial charge >= 0.3 is 0 Å². The van der Waals surface area contributed by atoms with Crippen LogP contribution in [0.15, 0.2) is 24.3 Å². The lowest BCUT2D eigenvalue weighted by Crippen LogP contribution is -2.35. The van der Waals surface area contributed by atoms with Crippen molar-refractivity contribution in [3.05, 3.63) is 29.8 Å². The van der Waals surface area contributed by atoms with Gasteiger partial charge in [-0.05, 0) is 6.07 Å². The first-order valence-electron chi connectivity index (χ1n) is 4.90. The van der Waals surface area contributed by atoms with Crippen molar-refractivity contribution in [1.82, 2.24) is 5.32 Å². The molecule has 5 heteroatoms. The van der Waals surface area contributed by atoms with E-state index in [4.69, 9.17) is 9.84 Å². The van der Waals surface area contributed by atoms with E-state index >= 15 is 0 Å². The van der Waals surface area contributed by atoms with E-state index in [0.717, 1.165) is 5.56 Å². The number of hydrogen-bond acceptors (Lipinski definition) is 3. The minimum Gasteiger partial charge on any atom is -0.496 e. The van der Waals surface area contributed by atoms with Crippen LogP contribution < -0.4 is 10.1 Å². The molecule has 0 aliphatic rings. The minimum absolute atomic E-state index is 0.277. The third-order valence-electron chi connectivity index (χ3n) is 2.12. The number of ether oxygens (including phenoxy) is 1. The molecule has 0 radical (unpaired) electrons. The van der Waals surface area contributed by atoms with Gasteiger partial charge in [0.15, 0.2) is 0 Å². The Kier molecular flexibility index (Phi) is 4.64. The van der Waals surface area contributed by atoms with Gasteiger partial charge < -0.3 is 15.2 Å². The van der Waals surface area contributed by atoms with Crippen molar-refractivity contribution in [3.8, 4) is 5.75 Å². The number of methoxy groups -OCH3 is 1. The number of nitrogens with one attached hydrogen (secondary N) is 1. The van der Waals surface area contributed by atoms with Gasteiger partial charge in [0.2, 0.25) is 0 Å². The zero-order chi connectivity index (χ0) is 12.0. The number of aliphatic hydroxyl groups is 1. The lowest BCUT2D eigenvalue weighted by atomic mass is 10.2. The number of hydrogen-bond donors (Lipinski definition) is 2. The van der Waals surface area contributed by atoms with Crippen LogP contribution in [0.25, 0.3) is 0 Å². The molecule has 16 heavy (non-hydrogen) atoms. The Bertz CT molecular complexity index is 332. The molecule has 3 nitrogen and oxygen atoms in total. The summed E-state index contributed by atoms with van der Waals surface area (Å²) in [6.45, 7) is -1.42. The van der Waals surface area contributed by atoms with Gasteiger partial charge in [0.25, 0.3) is 5.92 Å². The third kappa shape index (κ3) is 3.75. The van der Waals surface area contributed by atoms with Crippen LogP contribution in [0.2, 0.25) is 0 Å². The summed E-state index contributed by atoms with van der Waals surface area (Å²) in [6, 6.07) is 7.18. The average Bonchev–Trinajstić information content (AvgIpc) is 2.29. The van der Waals surface area contributed by atoms with E-state index < -0.39 is 19.1 Å². The third-order valence-corrected chi connectivity index (χ3v) is 2.12. The van der Waals surface area contributed by atoms with E-state index in [1.807, 2.05) is 12.1 Å². The summed E-state index contributed by atoms with van der Waals surface area (Å²) in [6.07, 6.45) is 0. The van der Waals surface area contributed by atoms with E-state index in [1.165, 1.54) is 7.11 Å². The maximum Gasteiger partial charge on any atom is 0.282 e. The van der Waals surface area contributed by atoms with Crippen molar-refractivity contribution in [1.29, 1.82) is 0 Å². The van der Waals surface area contributed by atoms with E-state index in [0.29, 0.717) is 5.75 Å². The number of halogens is 2. The topological polar surface area (TPSA) is 41.5 Å². The molecule has 0 heterocycles. The molecule has 0 aliphatic heterocycles. The van der Waals surface area contributed by atoms with E-state index in [9.17, 15) is 8.78 Å². The Labute approximate surface area is 93.0 Å². The first kappa shape index (κ1) is 12.9. The first-order chi connectivity index (χ1) is 7.59. The van der Waals surface area contributed by atoms with Crippen LogP contribution in [0.5, 0.6) is 5.75 Å². The number of aliphatic hydroxyl groups excluding tert-OH is 1. The fourth-order valence-corrected chi connectivity index (χ4v) is 1.28. The van der Waals surface area contributed by atoms with Gasteiger partial charge in [-0.2, -0.15) is 0 Å². The second-order valence-electron chi connectivity index (χ2n) is 3.43. The van der Waals surface area contributed by atoms with Crippen LogP contribution in [0, 0.1) is 0 Å². The molecule has 0 unspecified atom stereocenters. The Balaban J connectivity index is 2.49. The van der Waals surface area contributed by atoms with E-state index in [2.05, 4.69) is 5.32 Å². The van der Waals surface area contributed by atoms with Gasteiger partial charge in [-0.15, -0.1) is 0 Å². The highest BCUT2D eigenvalue weighted by Crippen LogP contribution is 2.17. The van der Waals surface area contributed by atoms with Crippen LogP contribution in [0.4, 0.5) is 8.78 Å². The monoisotopic (exact) mass is 231 g/mol. The SMILES string of the molecule is COc1ccccc1CNCC(F)(F)CO. The van der Waals surface area contributed by atoms with E-state index in [-0.39, 0.29) is 6.54 Å². The summed E-state index contributed by atoms with van der Waals surface area (Å²) < 4.78 is 30.5. The van der Waals surface area contributed by atoms with Gasteiger partial charge in [0, 0.05) is 12.1 Å². The summed E-state index contributed by atoms with van der Waals surface area (Å²) >= 11 is 0. The predicted octanol–water partition coefficient (Wildman–Crippen LogP) is 1.41. The van der Waals surface area contributed by atoms with Gasteiger partial charge in [0.05, 0.1) is 13.7 Å². The molecule has 0 fully saturated rings. The quantitative estimate of drug-likeness (QED) is 0.777. The fraction of sp³-hybridized carbons (Fsp3) is 0.455. The molecule has 0 spiro atoms. The maximum absolute atomic E-state index is 12.7. The van der Waals surface area contributed by atoms with Crippen molar-refractivity contribution in [3.63, 3.8) is 0 Å². The highest BCUT2D eigenvalue weighted by atomic mass is 19.3. The molecule has 0 aliphatic carbocycles. The van der Waals surface area contributed by atoms with Crippen molar-refractivity contribution in [2.45, 2.75) is 12.5 Å². The van der Waals surface area contributed by atoms with Crippen molar-refractivity contribution in [2.24, 2.45) is 0 Å². The van der Waals surface area contributed by atoms with Crippen LogP contribution in [-0.2, 0) is 6.54 Å². The molecule has 0 saturated heterocycles. The highest BCUT2D eigenvalue weighted by Gasteiger charge is 2.26. The number of rotatable bonds is 6. The molecule has 0 atom stereocenters. The van der Waals surface area contributed by atoms with Crippen molar-refractivity contribution in [2.75, 3.05) is 20.3 Å². The van der Waals surface area contributed by atoms with Gasteiger partial charge in [-0.3, -0.25) is 0 Å². The molecule has 2 N–H and O–H groups in total. The highest BCUT2D eigenvalue weighted by molar-refractivity contribution is 5.32. The second kappa shape index (κ2) is 5.77. The van der Waals surface area contributed by atoms with Crippen molar-refractivity contribution < 1.29 is 18.6 Å². The average molecular weight is 231 g/mol. The van der Waals surface area contributed by atoms with Gasteiger partial charge in [0.1, 0.15) is 12.4 Å². The molecule has 1 aromatic carbocycles. The molecular formula is C11H15F2NO2.